The Hall–Kier alpha value is -0.870. The second-order valence-electron chi connectivity index (χ2n) is 3.09. The van der Waals surface area contributed by atoms with E-state index >= 15 is 0 Å². The number of nitrogens with two attached hydrogens (primary N) is 1. The minimum atomic E-state index is -3.14. The summed E-state index contributed by atoms with van der Waals surface area (Å²) in [6.07, 6.45) is 1.19. The van der Waals surface area contributed by atoms with Gasteiger partial charge in [-0.15, -0.1) is 0 Å². The Bertz CT molecular complexity index is 410. The molecule has 0 atom stereocenters. The van der Waals surface area contributed by atoms with Crippen LogP contribution >= 0.6 is 0 Å². The zero-order valence-electron chi connectivity index (χ0n) is 7.74. The molecule has 0 heterocycles. The van der Waals surface area contributed by atoms with E-state index < -0.39 is 9.84 Å². The Kier molecular flexibility index (Phi) is 2.73. The van der Waals surface area contributed by atoms with Gasteiger partial charge in [-0.05, 0) is 18.6 Å². The van der Waals surface area contributed by atoms with Crippen LogP contribution in [0, 0.1) is 6.92 Å². The lowest BCUT2D eigenvalue weighted by molar-refractivity contribution is 0.600. The second kappa shape index (κ2) is 3.47. The first kappa shape index (κ1) is 10.2. The maximum atomic E-state index is 11.3. The molecular formula is C9H13NO2S. The van der Waals surface area contributed by atoms with Crippen molar-refractivity contribution in [3.63, 3.8) is 0 Å². The SMILES string of the molecule is Cc1ccc(S(C)(=O)=O)c(CN)c1. The summed E-state index contributed by atoms with van der Waals surface area (Å²) in [5, 5.41) is 0. The summed E-state index contributed by atoms with van der Waals surface area (Å²) in [5.74, 6) is 0. The molecule has 1 aromatic rings. The molecule has 72 valence electrons. The number of benzene rings is 1. The van der Waals surface area contributed by atoms with Crippen LogP contribution in [-0.4, -0.2) is 14.7 Å². The van der Waals surface area contributed by atoms with Gasteiger partial charge in [0, 0.05) is 12.8 Å². The third-order valence-corrected chi connectivity index (χ3v) is 3.03. The smallest absolute Gasteiger partial charge is 0.175 e. The van der Waals surface area contributed by atoms with E-state index in [1.54, 1.807) is 18.2 Å². The van der Waals surface area contributed by atoms with Gasteiger partial charge in [-0.3, -0.25) is 0 Å². The molecular weight excluding hydrogens is 186 g/mol. The Morgan fingerprint density at radius 2 is 2.00 bits per heavy atom. The summed E-state index contributed by atoms with van der Waals surface area (Å²) < 4.78 is 22.5. The van der Waals surface area contributed by atoms with Gasteiger partial charge in [-0.2, -0.15) is 0 Å². The maximum absolute atomic E-state index is 11.3. The molecule has 0 radical (unpaired) electrons. The predicted molar refractivity (Wildman–Crippen MR) is 52.2 cm³/mol. The van der Waals surface area contributed by atoms with E-state index in [1.165, 1.54) is 6.26 Å². The zero-order chi connectivity index (χ0) is 10.1. The van der Waals surface area contributed by atoms with Crippen molar-refractivity contribution in [3.05, 3.63) is 29.3 Å². The number of rotatable bonds is 2. The predicted octanol–water partition coefficient (Wildman–Crippen LogP) is 0.857. The topological polar surface area (TPSA) is 60.2 Å². The standard InChI is InChI=1S/C9H13NO2S/c1-7-3-4-9(13(2,11)12)8(5-7)6-10/h3-5H,6,10H2,1-2H3. The highest BCUT2D eigenvalue weighted by Crippen LogP contribution is 2.16. The van der Waals surface area contributed by atoms with Crippen molar-refractivity contribution < 1.29 is 8.42 Å². The molecule has 0 aliphatic heterocycles. The molecule has 0 aliphatic carbocycles. The van der Waals surface area contributed by atoms with Gasteiger partial charge in [0.1, 0.15) is 0 Å². The molecule has 0 saturated heterocycles. The molecule has 0 amide bonds. The largest absolute Gasteiger partial charge is 0.326 e. The first-order chi connectivity index (χ1) is 5.95. The summed E-state index contributed by atoms with van der Waals surface area (Å²) in [5.41, 5.74) is 7.16. The normalized spacial score (nSPS) is 11.6. The average molecular weight is 199 g/mol. The molecule has 0 aliphatic rings. The molecule has 0 aromatic heterocycles. The lowest BCUT2D eigenvalue weighted by Crippen LogP contribution is -2.06. The number of aryl methyl sites for hydroxylation is 1. The van der Waals surface area contributed by atoms with Gasteiger partial charge >= 0.3 is 0 Å². The molecule has 4 heteroatoms. The van der Waals surface area contributed by atoms with Crippen LogP contribution in [0.15, 0.2) is 23.1 Å². The first-order valence-electron chi connectivity index (χ1n) is 3.95. The molecule has 0 spiro atoms. The number of sulfone groups is 1. The second-order valence-corrected chi connectivity index (χ2v) is 5.07. The van der Waals surface area contributed by atoms with Gasteiger partial charge in [0.15, 0.2) is 9.84 Å². The van der Waals surface area contributed by atoms with Crippen molar-refractivity contribution >= 4 is 9.84 Å². The van der Waals surface area contributed by atoms with E-state index in [0.29, 0.717) is 10.5 Å². The molecule has 1 aromatic carbocycles. The van der Waals surface area contributed by atoms with E-state index in [2.05, 4.69) is 0 Å². The van der Waals surface area contributed by atoms with Crippen LogP contribution in [0.3, 0.4) is 0 Å². The molecule has 3 nitrogen and oxygen atoms in total. The summed E-state index contributed by atoms with van der Waals surface area (Å²) in [6.45, 7) is 2.16. The van der Waals surface area contributed by atoms with Crippen LogP contribution in [0.4, 0.5) is 0 Å². The summed E-state index contributed by atoms with van der Waals surface area (Å²) >= 11 is 0. The van der Waals surface area contributed by atoms with Crippen molar-refractivity contribution in [2.75, 3.05) is 6.26 Å². The van der Waals surface area contributed by atoms with E-state index in [9.17, 15) is 8.42 Å². The quantitative estimate of drug-likeness (QED) is 0.768. The van der Waals surface area contributed by atoms with Gasteiger partial charge in [0.05, 0.1) is 4.90 Å². The molecule has 2 N–H and O–H groups in total. The Balaban J connectivity index is 3.39. The van der Waals surface area contributed by atoms with Gasteiger partial charge in [0.2, 0.25) is 0 Å². The third kappa shape index (κ3) is 2.29. The van der Waals surface area contributed by atoms with Crippen LogP contribution in [0.2, 0.25) is 0 Å². The highest BCUT2D eigenvalue weighted by molar-refractivity contribution is 7.90. The fraction of sp³-hybridized carbons (Fsp3) is 0.333. The van der Waals surface area contributed by atoms with Gasteiger partial charge < -0.3 is 5.73 Å². The minimum Gasteiger partial charge on any atom is -0.326 e. The van der Waals surface area contributed by atoms with E-state index in [1.807, 2.05) is 6.92 Å². The summed E-state index contributed by atoms with van der Waals surface area (Å²) in [4.78, 5) is 0.334. The Labute approximate surface area is 78.5 Å². The third-order valence-electron chi connectivity index (χ3n) is 1.84. The molecule has 13 heavy (non-hydrogen) atoms. The van der Waals surface area contributed by atoms with Gasteiger partial charge in [0.25, 0.3) is 0 Å². The van der Waals surface area contributed by atoms with Gasteiger partial charge in [-0.1, -0.05) is 17.7 Å². The average Bonchev–Trinajstić information content (AvgIpc) is 2.01. The molecule has 1 rings (SSSR count). The minimum absolute atomic E-state index is 0.254. The van der Waals surface area contributed by atoms with Crippen molar-refractivity contribution in [3.8, 4) is 0 Å². The Morgan fingerprint density at radius 3 is 2.46 bits per heavy atom. The zero-order valence-corrected chi connectivity index (χ0v) is 8.56. The lowest BCUT2D eigenvalue weighted by atomic mass is 10.1. The highest BCUT2D eigenvalue weighted by Gasteiger charge is 2.11. The molecule has 0 bridgehead atoms. The summed E-state index contributed by atoms with van der Waals surface area (Å²) in [7, 11) is -3.14. The molecule has 0 fully saturated rings. The van der Waals surface area contributed by atoms with Crippen LogP contribution in [0.25, 0.3) is 0 Å². The van der Waals surface area contributed by atoms with Crippen molar-refractivity contribution in [1.29, 1.82) is 0 Å². The fourth-order valence-corrected chi connectivity index (χ4v) is 2.16. The van der Waals surface area contributed by atoms with Crippen LogP contribution in [0.5, 0.6) is 0 Å². The van der Waals surface area contributed by atoms with E-state index in [0.717, 1.165) is 5.56 Å². The van der Waals surface area contributed by atoms with Crippen molar-refractivity contribution in [2.45, 2.75) is 18.4 Å². The van der Waals surface area contributed by atoms with Crippen molar-refractivity contribution in [2.24, 2.45) is 5.73 Å². The monoisotopic (exact) mass is 199 g/mol. The number of hydrogen-bond acceptors (Lipinski definition) is 3. The molecule has 0 unspecified atom stereocenters. The Morgan fingerprint density at radius 1 is 1.38 bits per heavy atom. The lowest BCUT2D eigenvalue weighted by Gasteiger charge is -2.06. The van der Waals surface area contributed by atoms with Crippen LogP contribution in [-0.2, 0) is 16.4 Å². The van der Waals surface area contributed by atoms with E-state index in [-0.39, 0.29) is 6.54 Å². The number of hydrogen-bond donors (Lipinski definition) is 1. The fourth-order valence-electron chi connectivity index (χ4n) is 1.23. The summed E-state index contributed by atoms with van der Waals surface area (Å²) in [6, 6.07) is 5.18. The molecule has 0 saturated carbocycles. The maximum Gasteiger partial charge on any atom is 0.175 e. The van der Waals surface area contributed by atoms with Crippen LogP contribution in [0.1, 0.15) is 11.1 Å². The van der Waals surface area contributed by atoms with Gasteiger partial charge in [-0.25, -0.2) is 8.42 Å². The van der Waals surface area contributed by atoms with Crippen molar-refractivity contribution in [1.82, 2.24) is 0 Å². The first-order valence-corrected chi connectivity index (χ1v) is 5.84. The van der Waals surface area contributed by atoms with Crippen LogP contribution < -0.4 is 5.73 Å². The highest BCUT2D eigenvalue weighted by atomic mass is 32.2. The van der Waals surface area contributed by atoms with E-state index in [4.69, 9.17) is 5.73 Å².